The Morgan fingerprint density at radius 3 is 2.80 bits per heavy atom. The van der Waals surface area contributed by atoms with Gasteiger partial charge in [-0.15, -0.1) is 0 Å². The Morgan fingerprint density at radius 2 is 2.10 bits per heavy atom. The number of methoxy groups -OCH3 is 1. The van der Waals surface area contributed by atoms with E-state index in [2.05, 4.69) is 12.2 Å². The van der Waals surface area contributed by atoms with Crippen LogP contribution in [-0.2, 0) is 14.3 Å². The maximum Gasteiger partial charge on any atom is 0.251 e. The quantitative estimate of drug-likeness (QED) is 0.630. The van der Waals surface area contributed by atoms with Gasteiger partial charge in [0.1, 0.15) is 0 Å². The van der Waals surface area contributed by atoms with Crippen molar-refractivity contribution in [2.24, 2.45) is 5.92 Å². The molecule has 5 nitrogen and oxygen atoms in total. The van der Waals surface area contributed by atoms with Gasteiger partial charge in [-0.05, 0) is 12.8 Å². The Balaban J connectivity index is 2.24. The van der Waals surface area contributed by atoms with Gasteiger partial charge in [-0.2, -0.15) is 0 Å². The van der Waals surface area contributed by atoms with E-state index < -0.39 is 12.2 Å². The number of hydrogen-bond acceptors (Lipinski definition) is 4. The number of unbranched alkanes of at least 4 members (excludes halogenated alkanes) is 4. The molecule has 0 aromatic carbocycles. The van der Waals surface area contributed by atoms with Gasteiger partial charge >= 0.3 is 0 Å². The Hall–Kier alpha value is -0.650. The molecule has 1 amide bonds. The third-order valence-corrected chi connectivity index (χ3v) is 3.80. The van der Waals surface area contributed by atoms with E-state index >= 15 is 0 Å². The number of amides is 1. The van der Waals surface area contributed by atoms with Gasteiger partial charge in [0.15, 0.2) is 6.10 Å². The first-order valence-electron chi connectivity index (χ1n) is 7.77. The third kappa shape index (κ3) is 5.77. The van der Waals surface area contributed by atoms with Crippen LogP contribution in [0.5, 0.6) is 0 Å². The summed E-state index contributed by atoms with van der Waals surface area (Å²) in [6.45, 7) is 3.80. The van der Waals surface area contributed by atoms with Crippen LogP contribution in [0.3, 0.4) is 0 Å². The van der Waals surface area contributed by atoms with E-state index in [4.69, 9.17) is 9.47 Å². The normalized spacial score (nSPS) is 26.4. The van der Waals surface area contributed by atoms with Crippen LogP contribution >= 0.6 is 0 Å². The largest absolute Gasteiger partial charge is 0.389 e. The molecular weight excluding hydrogens is 258 g/mol. The monoisotopic (exact) mass is 287 g/mol. The molecule has 0 spiro atoms. The van der Waals surface area contributed by atoms with Crippen LogP contribution in [0, 0.1) is 5.92 Å². The fourth-order valence-corrected chi connectivity index (χ4v) is 2.53. The maximum atomic E-state index is 12.0. The van der Waals surface area contributed by atoms with Crippen LogP contribution < -0.4 is 5.32 Å². The molecule has 1 rings (SSSR count). The molecule has 5 heteroatoms. The van der Waals surface area contributed by atoms with Crippen molar-refractivity contribution < 1.29 is 19.4 Å². The Morgan fingerprint density at radius 1 is 1.35 bits per heavy atom. The highest BCUT2D eigenvalue weighted by molar-refractivity contribution is 5.81. The SMILES string of the molecule is CCCCCCCNC(=O)[C@@H]1OCC[C@@H](COC)[C@H]1O. The fourth-order valence-electron chi connectivity index (χ4n) is 2.53. The third-order valence-electron chi connectivity index (χ3n) is 3.80. The number of aliphatic hydroxyl groups excluding tert-OH is 1. The van der Waals surface area contributed by atoms with Crippen LogP contribution in [0.2, 0.25) is 0 Å². The summed E-state index contributed by atoms with van der Waals surface area (Å²) in [6, 6.07) is 0. The average molecular weight is 287 g/mol. The zero-order chi connectivity index (χ0) is 14.8. The molecule has 1 heterocycles. The number of nitrogens with one attached hydrogen (secondary N) is 1. The van der Waals surface area contributed by atoms with Gasteiger partial charge in [0, 0.05) is 26.2 Å². The van der Waals surface area contributed by atoms with E-state index in [1.165, 1.54) is 19.3 Å². The van der Waals surface area contributed by atoms with E-state index in [1.807, 2.05) is 0 Å². The van der Waals surface area contributed by atoms with Crippen molar-refractivity contribution in [1.82, 2.24) is 5.32 Å². The van der Waals surface area contributed by atoms with Gasteiger partial charge in [-0.25, -0.2) is 0 Å². The summed E-state index contributed by atoms with van der Waals surface area (Å²) < 4.78 is 10.5. The van der Waals surface area contributed by atoms with Gasteiger partial charge in [-0.3, -0.25) is 4.79 Å². The van der Waals surface area contributed by atoms with Gasteiger partial charge in [0.05, 0.1) is 12.7 Å². The lowest BCUT2D eigenvalue weighted by atomic mass is 9.92. The predicted octanol–water partition coefficient (Wildman–Crippen LogP) is 1.49. The highest BCUT2D eigenvalue weighted by Gasteiger charge is 2.37. The minimum atomic E-state index is -0.774. The lowest BCUT2D eigenvalue weighted by Gasteiger charge is -2.33. The molecule has 2 N–H and O–H groups in total. The summed E-state index contributed by atoms with van der Waals surface area (Å²) in [7, 11) is 1.60. The second-order valence-electron chi connectivity index (χ2n) is 5.49. The molecule has 1 saturated heterocycles. The molecule has 0 saturated carbocycles. The van der Waals surface area contributed by atoms with Crippen molar-refractivity contribution in [3.63, 3.8) is 0 Å². The Labute approximate surface area is 122 Å². The molecule has 20 heavy (non-hydrogen) atoms. The molecule has 1 aliphatic heterocycles. The van der Waals surface area contributed by atoms with Gasteiger partial charge in [-0.1, -0.05) is 32.6 Å². The second kappa shape index (κ2) is 10.1. The molecule has 0 bridgehead atoms. The number of carbonyl (C=O) groups is 1. The van der Waals surface area contributed by atoms with E-state index in [1.54, 1.807) is 7.11 Å². The Bertz CT molecular complexity index is 271. The van der Waals surface area contributed by atoms with Crippen LogP contribution in [0.15, 0.2) is 0 Å². The minimum Gasteiger partial charge on any atom is -0.389 e. The number of rotatable bonds is 9. The van der Waals surface area contributed by atoms with Crippen molar-refractivity contribution in [1.29, 1.82) is 0 Å². The fraction of sp³-hybridized carbons (Fsp3) is 0.933. The zero-order valence-electron chi connectivity index (χ0n) is 12.8. The second-order valence-corrected chi connectivity index (χ2v) is 5.49. The Kier molecular flexibility index (Phi) is 8.82. The van der Waals surface area contributed by atoms with Gasteiger partial charge in [0.2, 0.25) is 0 Å². The number of aliphatic hydroxyl groups is 1. The molecule has 118 valence electrons. The summed E-state index contributed by atoms with van der Waals surface area (Å²) in [5.41, 5.74) is 0. The minimum absolute atomic E-state index is 0.0194. The predicted molar refractivity (Wildman–Crippen MR) is 77.5 cm³/mol. The van der Waals surface area contributed by atoms with Crippen LogP contribution in [0.1, 0.15) is 45.4 Å². The number of ether oxygens (including phenoxy) is 2. The first-order valence-corrected chi connectivity index (χ1v) is 7.77. The summed E-state index contributed by atoms with van der Waals surface area (Å²) in [5.74, 6) is -0.220. The highest BCUT2D eigenvalue weighted by Crippen LogP contribution is 2.21. The molecule has 0 unspecified atom stereocenters. The molecular formula is C15H29NO4. The van der Waals surface area contributed by atoms with E-state index in [-0.39, 0.29) is 11.8 Å². The van der Waals surface area contributed by atoms with E-state index in [9.17, 15) is 9.90 Å². The summed E-state index contributed by atoms with van der Waals surface area (Å²) in [6.07, 6.45) is 5.00. The van der Waals surface area contributed by atoms with Crippen LogP contribution in [0.25, 0.3) is 0 Å². The van der Waals surface area contributed by atoms with Crippen molar-refractivity contribution in [3.05, 3.63) is 0 Å². The van der Waals surface area contributed by atoms with Crippen molar-refractivity contribution in [3.8, 4) is 0 Å². The molecule has 0 radical (unpaired) electrons. The average Bonchev–Trinajstić information content (AvgIpc) is 2.45. The lowest BCUT2D eigenvalue weighted by Crippen LogP contribution is -2.51. The summed E-state index contributed by atoms with van der Waals surface area (Å²) in [5, 5.41) is 13.0. The lowest BCUT2D eigenvalue weighted by molar-refractivity contribution is -0.156. The molecule has 0 aromatic heterocycles. The number of carbonyl (C=O) groups excluding carboxylic acids is 1. The van der Waals surface area contributed by atoms with E-state index in [0.29, 0.717) is 19.8 Å². The highest BCUT2D eigenvalue weighted by atomic mass is 16.5. The standard InChI is InChI=1S/C15H29NO4/c1-3-4-5-6-7-9-16-15(18)14-13(17)12(11-19-2)8-10-20-14/h12-14,17H,3-11H2,1-2H3,(H,16,18)/t12-,13+,14+/m0/s1. The molecule has 1 aliphatic rings. The molecule has 0 aliphatic carbocycles. The van der Waals surface area contributed by atoms with Crippen LogP contribution in [-0.4, -0.2) is 50.1 Å². The van der Waals surface area contributed by atoms with E-state index in [0.717, 1.165) is 19.3 Å². The maximum absolute atomic E-state index is 12.0. The topological polar surface area (TPSA) is 67.8 Å². The zero-order valence-corrected chi connectivity index (χ0v) is 12.8. The summed E-state index contributed by atoms with van der Waals surface area (Å²) in [4.78, 5) is 12.0. The first-order chi connectivity index (χ1) is 9.70. The summed E-state index contributed by atoms with van der Waals surface area (Å²) >= 11 is 0. The van der Waals surface area contributed by atoms with Gasteiger partial charge < -0.3 is 19.9 Å². The van der Waals surface area contributed by atoms with Crippen LogP contribution in [0.4, 0.5) is 0 Å². The smallest absolute Gasteiger partial charge is 0.251 e. The van der Waals surface area contributed by atoms with Crippen molar-refractivity contribution >= 4 is 5.91 Å². The first kappa shape index (κ1) is 17.4. The number of hydrogen-bond donors (Lipinski definition) is 2. The molecule has 1 fully saturated rings. The van der Waals surface area contributed by atoms with Crippen molar-refractivity contribution in [2.75, 3.05) is 26.9 Å². The molecule has 3 atom stereocenters. The molecule has 0 aromatic rings. The van der Waals surface area contributed by atoms with Crippen molar-refractivity contribution in [2.45, 2.75) is 57.7 Å². The van der Waals surface area contributed by atoms with Gasteiger partial charge in [0.25, 0.3) is 5.91 Å².